The van der Waals surface area contributed by atoms with Gasteiger partial charge in [-0.25, -0.2) is 4.79 Å². The van der Waals surface area contributed by atoms with Gasteiger partial charge in [0.25, 0.3) is 0 Å². The molecular weight excluding hydrogens is 212 g/mol. The Hall–Kier alpha value is -0.790. The molecule has 2 atom stereocenters. The molecule has 0 aromatic heterocycles. The van der Waals surface area contributed by atoms with Crippen LogP contribution < -0.4 is 0 Å². The van der Waals surface area contributed by atoms with E-state index in [0.717, 1.165) is 24.3 Å². The number of esters is 1. The van der Waals surface area contributed by atoms with Crippen LogP contribution in [0.5, 0.6) is 0 Å². The van der Waals surface area contributed by atoms with Crippen molar-refractivity contribution in [3.05, 3.63) is 11.1 Å². The minimum absolute atomic E-state index is 0.0388. The van der Waals surface area contributed by atoms with Crippen molar-refractivity contribution in [1.82, 2.24) is 0 Å². The first kappa shape index (κ1) is 11.3. The van der Waals surface area contributed by atoms with Crippen LogP contribution in [0.25, 0.3) is 0 Å². The summed E-state index contributed by atoms with van der Waals surface area (Å²) in [7, 11) is 0. The van der Waals surface area contributed by atoms with Gasteiger partial charge in [0.05, 0.1) is 0 Å². The topological polar surface area (TPSA) is 26.3 Å². The van der Waals surface area contributed by atoms with Crippen molar-refractivity contribution < 1.29 is 9.53 Å². The molecule has 1 heterocycles. The summed E-state index contributed by atoms with van der Waals surface area (Å²) in [5.41, 5.74) is 2.99. The number of carbonyl (C=O) groups excluding carboxylic acids is 1. The highest BCUT2D eigenvalue weighted by atomic mass is 16.5. The van der Waals surface area contributed by atoms with Crippen molar-refractivity contribution in [1.29, 1.82) is 0 Å². The minimum Gasteiger partial charge on any atom is -0.458 e. The Balaban J connectivity index is 2.06. The lowest BCUT2D eigenvalue weighted by atomic mass is 9.50. The van der Waals surface area contributed by atoms with E-state index in [2.05, 4.69) is 20.8 Å². The molecule has 1 saturated carbocycles. The average Bonchev–Trinajstić information content (AvgIpc) is 2.60. The summed E-state index contributed by atoms with van der Waals surface area (Å²) in [6.07, 6.45) is 5.95. The molecule has 1 fully saturated rings. The van der Waals surface area contributed by atoms with Crippen LogP contribution in [-0.2, 0) is 9.53 Å². The largest absolute Gasteiger partial charge is 0.458 e. The molecule has 0 unspecified atom stereocenters. The second-order valence-corrected chi connectivity index (χ2v) is 6.88. The molecule has 2 heteroatoms. The monoisotopic (exact) mass is 234 g/mol. The highest BCUT2D eigenvalue weighted by Crippen LogP contribution is 2.60. The van der Waals surface area contributed by atoms with Crippen LogP contribution in [-0.4, -0.2) is 12.6 Å². The van der Waals surface area contributed by atoms with Crippen molar-refractivity contribution in [2.45, 2.75) is 52.9 Å². The van der Waals surface area contributed by atoms with Crippen LogP contribution in [0.4, 0.5) is 0 Å². The zero-order valence-corrected chi connectivity index (χ0v) is 11.1. The standard InChI is InChI=1S/C15H22O2/c1-14(2)7-4-8-15(3)11-9-17-13(16)10(11)5-6-12(14)15/h12H,4-9H2,1-3H3/t12-,15+/m0/s1. The molecule has 2 aliphatic carbocycles. The van der Waals surface area contributed by atoms with E-state index in [1.165, 1.54) is 24.8 Å². The number of hydrogen-bond donors (Lipinski definition) is 0. The summed E-state index contributed by atoms with van der Waals surface area (Å²) in [4.78, 5) is 11.7. The van der Waals surface area contributed by atoms with Crippen molar-refractivity contribution in [3.8, 4) is 0 Å². The number of ether oxygens (including phenoxy) is 1. The zero-order chi connectivity index (χ0) is 12.3. The fraction of sp³-hybridized carbons (Fsp3) is 0.800. The summed E-state index contributed by atoms with van der Waals surface area (Å²) in [5.74, 6) is 0.681. The van der Waals surface area contributed by atoms with Gasteiger partial charge in [0.15, 0.2) is 0 Å². The van der Waals surface area contributed by atoms with Gasteiger partial charge >= 0.3 is 5.97 Å². The van der Waals surface area contributed by atoms with E-state index in [1.54, 1.807) is 0 Å². The third kappa shape index (κ3) is 1.42. The van der Waals surface area contributed by atoms with E-state index < -0.39 is 0 Å². The first-order chi connectivity index (χ1) is 7.95. The fourth-order valence-corrected chi connectivity index (χ4v) is 4.68. The van der Waals surface area contributed by atoms with Gasteiger partial charge in [-0.1, -0.05) is 27.2 Å². The normalized spacial score (nSPS) is 39.7. The van der Waals surface area contributed by atoms with Gasteiger partial charge in [-0.15, -0.1) is 0 Å². The minimum atomic E-state index is -0.0388. The molecule has 0 N–H and O–H groups in total. The lowest BCUT2D eigenvalue weighted by Gasteiger charge is -2.53. The fourth-order valence-electron chi connectivity index (χ4n) is 4.68. The predicted molar refractivity (Wildman–Crippen MR) is 66.4 cm³/mol. The number of fused-ring (bicyclic) bond motifs is 2. The highest BCUT2D eigenvalue weighted by molar-refractivity contribution is 5.92. The number of rotatable bonds is 0. The van der Waals surface area contributed by atoms with Crippen LogP contribution in [0.3, 0.4) is 0 Å². The summed E-state index contributed by atoms with van der Waals surface area (Å²) >= 11 is 0. The van der Waals surface area contributed by atoms with Gasteiger partial charge in [-0.2, -0.15) is 0 Å². The van der Waals surface area contributed by atoms with Crippen molar-refractivity contribution in [3.63, 3.8) is 0 Å². The number of cyclic esters (lactones) is 1. The average molecular weight is 234 g/mol. The third-order valence-corrected chi connectivity index (χ3v) is 5.56. The van der Waals surface area contributed by atoms with E-state index in [0.29, 0.717) is 12.0 Å². The molecule has 0 aromatic carbocycles. The van der Waals surface area contributed by atoms with Crippen molar-refractivity contribution in [2.24, 2.45) is 16.7 Å². The van der Waals surface area contributed by atoms with Crippen molar-refractivity contribution >= 4 is 5.97 Å². The number of carbonyl (C=O) groups is 1. The van der Waals surface area contributed by atoms with Gasteiger partial charge in [0.2, 0.25) is 0 Å². The molecule has 0 aromatic rings. The summed E-state index contributed by atoms with van der Waals surface area (Å²) < 4.78 is 5.27. The molecule has 3 rings (SSSR count). The maximum absolute atomic E-state index is 11.7. The first-order valence-electron chi connectivity index (χ1n) is 6.85. The Morgan fingerprint density at radius 1 is 1.24 bits per heavy atom. The first-order valence-corrected chi connectivity index (χ1v) is 6.85. The van der Waals surface area contributed by atoms with E-state index >= 15 is 0 Å². The van der Waals surface area contributed by atoms with Gasteiger partial charge in [-0.3, -0.25) is 0 Å². The van der Waals surface area contributed by atoms with Crippen LogP contribution >= 0.6 is 0 Å². The van der Waals surface area contributed by atoms with E-state index in [1.807, 2.05) is 0 Å². The third-order valence-electron chi connectivity index (χ3n) is 5.56. The van der Waals surface area contributed by atoms with E-state index in [4.69, 9.17) is 4.74 Å². The molecule has 17 heavy (non-hydrogen) atoms. The zero-order valence-electron chi connectivity index (χ0n) is 11.1. The summed E-state index contributed by atoms with van der Waals surface area (Å²) in [6.45, 7) is 7.74. The highest BCUT2D eigenvalue weighted by Gasteiger charge is 2.53. The van der Waals surface area contributed by atoms with Crippen LogP contribution in [0, 0.1) is 16.7 Å². The molecule has 0 amide bonds. The molecule has 0 saturated heterocycles. The van der Waals surface area contributed by atoms with E-state index in [-0.39, 0.29) is 11.4 Å². The van der Waals surface area contributed by atoms with Gasteiger partial charge in [0, 0.05) is 5.57 Å². The molecule has 0 bridgehead atoms. The number of hydrogen-bond acceptors (Lipinski definition) is 2. The Kier molecular flexibility index (Phi) is 2.24. The van der Waals surface area contributed by atoms with Gasteiger partial charge < -0.3 is 4.74 Å². The molecule has 94 valence electrons. The molecule has 2 nitrogen and oxygen atoms in total. The Bertz CT molecular complexity index is 405. The van der Waals surface area contributed by atoms with Crippen LogP contribution in [0.1, 0.15) is 52.9 Å². The molecular formula is C15H22O2. The van der Waals surface area contributed by atoms with E-state index in [9.17, 15) is 4.79 Å². The van der Waals surface area contributed by atoms with Gasteiger partial charge in [-0.05, 0) is 48.0 Å². The second kappa shape index (κ2) is 3.37. The van der Waals surface area contributed by atoms with Crippen molar-refractivity contribution in [2.75, 3.05) is 6.61 Å². The Morgan fingerprint density at radius 2 is 2.00 bits per heavy atom. The lowest BCUT2D eigenvalue weighted by molar-refractivity contribution is -0.136. The lowest BCUT2D eigenvalue weighted by Crippen LogP contribution is -2.45. The maximum Gasteiger partial charge on any atom is 0.334 e. The molecule has 0 spiro atoms. The van der Waals surface area contributed by atoms with Gasteiger partial charge in [0.1, 0.15) is 6.61 Å². The quantitative estimate of drug-likeness (QED) is 0.600. The molecule has 0 radical (unpaired) electrons. The van der Waals surface area contributed by atoms with Crippen LogP contribution in [0.15, 0.2) is 11.1 Å². The second-order valence-electron chi connectivity index (χ2n) is 6.88. The summed E-state index contributed by atoms with van der Waals surface area (Å²) in [6, 6.07) is 0. The smallest absolute Gasteiger partial charge is 0.334 e. The molecule has 3 aliphatic rings. The summed E-state index contributed by atoms with van der Waals surface area (Å²) in [5, 5.41) is 0. The predicted octanol–water partition coefficient (Wildman–Crippen LogP) is 3.47. The Morgan fingerprint density at radius 3 is 2.76 bits per heavy atom. The van der Waals surface area contributed by atoms with Crippen LogP contribution in [0.2, 0.25) is 0 Å². The molecule has 1 aliphatic heterocycles. The Labute approximate surface area is 103 Å². The SMILES string of the molecule is CC1(C)CCC[C@]2(C)C3=C(CC[C@@H]12)C(=O)OC3. The maximum atomic E-state index is 11.7.